The maximum Gasteiger partial charge on any atom is 0.325 e. The van der Waals surface area contributed by atoms with E-state index in [1.807, 2.05) is 49.5 Å². The Hall–Kier alpha value is -2.80. The molecule has 0 spiro atoms. The quantitative estimate of drug-likeness (QED) is 0.639. The van der Waals surface area contributed by atoms with Gasteiger partial charge < -0.3 is 5.73 Å². The summed E-state index contributed by atoms with van der Waals surface area (Å²) in [6.07, 6.45) is 3.54. The van der Waals surface area contributed by atoms with Gasteiger partial charge in [0.05, 0.1) is 11.4 Å². The molecule has 6 nitrogen and oxygen atoms in total. The summed E-state index contributed by atoms with van der Waals surface area (Å²) in [6, 6.07) is 13.1. The molecule has 0 saturated heterocycles. The van der Waals surface area contributed by atoms with Gasteiger partial charge in [-0.3, -0.25) is 9.67 Å². The fourth-order valence-electron chi connectivity index (χ4n) is 2.83. The summed E-state index contributed by atoms with van der Waals surface area (Å²) in [6.45, 7) is 6.27. The minimum absolute atomic E-state index is 0.129. The van der Waals surface area contributed by atoms with Gasteiger partial charge in [0.25, 0.3) is 0 Å². The molecule has 0 unspecified atom stereocenters. The Balaban J connectivity index is 1.98. The molecule has 3 rings (SSSR count). The number of nitrogens with two attached hydrogens (primary N) is 1. The Morgan fingerprint density at radius 2 is 1.86 bits per heavy atom. The van der Waals surface area contributed by atoms with Crippen LogP contribution in [0, 0.1) is 0 Å². The number of benzene rings is 1. The number of hydrogen-bond acceptors (Lipinski definition) is 4. The average molecular weight is 396 g/mol. The van der Waals surface area contributed by atoms with Gasteiger partial charge in [-0.2, -0.15) is 5.10 Å². The zero-order chi connectivity index (χ0) is 20.3. The SMILES string of the molecule is Cn1nc(C(C)(C)C)cc1N(C(N)=O)c1ccccc1CSc1ccncc1. The van der Waals surface area contributed by atoms with Crippen molar-refractivity contribution >= 4 is 29.3 Å². The van der Waals surface area contributed by atoms with Gasteiger partial charge in [0, 0.05) is 41.6 Å². The van der Waals surface area contributed by atoms with Crippen LogP contribution in [0.2, 0.25) is 0 Å². The molecule has 28 heavy (non-hydrogen) atoms. The van der Waals surface area contributed by atoms with Crippen LogP contribution in [0.15, 0.2) is 59.8 Å². The van der Waals surface area contributed by atoms with Gasteiger partial charge in [0.15, 0.2) is 0 Å². The fraction of sp³-hybridized carbons (Fsp3) is 0.286. The van der Waals surface area contributed by atoms with Gasteiger partial charge in [-0.25, -0.2) is 9.69 Å². The highest BCUT2D eigenvalue weighted by Gasteiger charge is 2.25. The third kappa shape index (κ3) is 4.36. The Kier molecular flexibility index (Phi) is 5.74. The van der Waals surface area contributed by atoms with E-state index in [4.69, 9.17) is 5.73 Å². The lowest BCUT2D eigenvalue weighted by molar-refractivity contribution is 0.255. The van der Waals surface area contributed by atoms with Crippen LogP contribution in [0.1, 0.15) is 32.0 Å². The standard InChI is InChI=1S/C21H25N5OS/c1-21(2,3)18-13-19(25(4)24-18)26(20(22)27)17-8-6-5-7-15(17)14-28-16-9-11-23-12-10-16/h5-13H,14H2,1-4H3,(H2,22,27). The third-order valence-electron chi connectivity index (χ3n) is 4.35. The van der Waals surface area contributed by atoms with Crippen molar-refractivity contribution in [2.24, 2.45) is 12.8 Å². The number of aromatic nitrogens is 3. The fourth-order valence-corrected chi connectivity index (χ4v) is 3.72. The molecular formula is C21H25N5OS. The molecule has 146 valence electrons. The van der Waals surface area contributed by atoms with E-state index >= 15 is 0 Å². The van der Waals surface area contributed by atoms with E-state index in [2.05, 4.69) is 30.9 Å². The second-order valence-corrected chi connectivity index (χ2v) is 8.58. The minimum Gasteiger partial charge on any atom is -0.351 e. The number of para-hydroxylation sites is 1. The number of anilines is 2. The lowest BCUT2D eigenvalue weighted by atomic mass is 9.92. The maximum atomic E-state index is 12.4. The summed E-state index contributed by atoms with van der Waals surface area (Å²) in [5, 5.41) is 4.59. The first-order valence-electron chi connectivity index (χ1n) is 9.02. The third-order valence-corrected chi connectivity index (χ3v) is 5.41. The summed E-state index contributed by atoms with van der Waals surface area (Å²) in [5.74, 6) is 1.35. The van der Waals surface area contributed by atoms with E-state index in [9.17, 15) is 4.79 Å². The molecule has 0 aliphatic heterocycles. The molecule has 1 aromatic carbocycles. The van der Waals surface area contributed by atoms with Crippen LogP contribution in [0.25, 0.3) is 0 Å². The van der Waals surface area contributed by atoms with Gasteiger partial charge in [-0.1, -0.05) is 39.0 Å². The highest BCUT2D eigenvalue weighted by molar-refractivity contribution is 7.98. The van der Waals surface area contributed by atoms with Crippen LogP contribution < -0.4 is 10.6 Å². The van der Waals surface area contributed by atoms with Crippen molar-refractivity contribution in [3.8, 4) is 0 Å². The number of pyridine rings is 1. The Bertz CT molecular complexity index is 962. The molecule has 0 atom stereocenters. The summed E-state index contributed by atoms with van der Waals surface area (Å²) in [5.41, 5.74) is 8.35. The first kappa shape index (κ1) is 19.9. The highest BCUT2D eigenvalue weighted by atomic mass is 32.2. The maximum absolute atomic E-state index is 12.4. The Morgan fingerprint density at radius 3 is 2.46 bits per heavy atom. The molecule has 2 aromatic heterocycles. The molecule has 2 N–H and O–H groups in total. The Morgan fingerprint density at radius 1 is 1.18 bits per heavy atom. The number of amides is 2. The molecular weight excluding hydrogens is 370 g/mol. The van der Waals surface area contributed by atoms with Crippen molar-refractivity contribution in [1.82, 2.24) is 14.8 Å². The van der Waals surface area contributed by atoms with Gasteiger partial charge >= 0.3 is 6.03 Å². The first-order valence-corrected chi connectivity index (χ1v) is 10.0. The first-order chi connectivity index (χ1) is 13.3. The average Bonchev–Trinajstić information content (AvgIpc) is 3.04. The lowest BCUT2D eigenvalue weighted by Crippen LogP contribution is -2.33. The summed E-state index contributed by atoms with van der Waals surface area (Å²) in [4.78, 5) is 19.1. The minimum atomic E-state index is -0.537. The van der Waals surface area contributed by atoms with Crippen LogP contribution >= 0.6 is 11.8 Å². The number of carbonyl (C=O) groups excluding carboxylic acids is 1. The van der Waals surface area contributed by atoms with Crippen LogP contribution in [-0.2, 0) is 18.2 Å². The Labute approximate surface area is 169 Å². The zero-order valence-corrected chi connectivity index (χ0v) is 17.4. The molecule has 0 aliphatic carbocycles. The van der Waals surface area contributed by atoms with Crippen molar-refractivity contribution in [3.05, 3.63) is 66.1 Å². The number of aryl methyl sites for hydroxylation is 1. The van der Waals surface area contributed by atoms with Crippen LogP contribution in [0.5, 0.6) is 0 Å². The van der Waals surface area contributed by atoms with Crippen molar-refractivity contribution in [1.29, 1.82) is 0 Å². The van der Waals surface area contributed by atoms with Crippen LogP contribution in [0.4, 0.5) is 16.3 Å². The van der Waals surface area contributed by atoms with E-state index in [1.54, 1.807) is 28.8 Å². The molecule has 0 fully saturated rings. The van der Waals surface area contributed by atoms with E-state index < -0.39 is 6.03 Å². The molecule has 2 amide bonds. The van der Waals surface area contributed by atoms with Crippen molar-refractivity contribution in [2.75, 3.05) is 4.90 Å². The largest absolute Gasteiger partial charge is 0.351 e. The number of urea groups is 1. The van der Waals surface area contributed by atoms with E-state index in [0.717, 1.165) is 21.8 Å². The van der Waals surface area contributed by atoms with E-state index in [0.29, 0.717) is 11.6 Å². The van der Waals surface area contributed by atoms with Crippen LogP contribution in [0.3, 0.4) is 0 Å². The molecule has 3 aromatic rings. The predicted octanol–water partition coefficient (Wildman–Crippen LogP) is 4.62. The van der Waals surface area contributed by atoms with Crippen molar-refractivity contribution in [3.63, 3.8) is 0 Å². The monoisotopic (exact) mass is 395 g/mol. The second kappa shape index (κ2) is 8.06. The zero-order valence-electron chi connectivity index (χ0n) is 16.6. The highest BCUT2D eigenvalue weighted by Crippen LogP contribution is 2.34. The van der Waals surface area contributed by atoms with E-state index in [-0.39, 0.29) is 5.41 Å². The van der Waals surface area contributed by atoms with Gasteiger partial charge in [0.1, 0.15) is 5.82 Å². The number of carbonyl (C=O) groups is 1. The molecule has 0 radical (unpaired) electrons. The molecule has 0 saturated carbocycles. The second-order valence-electron chi connectivity index (χ2n) is 7.54. The number of primary amides is 1. The van der Waals surface area contributed by atoms with Gasteiger partial charge in [-0.05, 0) is 23.8 Å². The van der Waals surface area contributed by atoms with Crippen LogP contribution in [-0.4, -0.2) is 20.8 Å². The van der Waals surface area contributed by atoms with Gasteiger partial charge in [0.2, 0.25) is 0 Å². The number of thioether (sulfide) groups is 1. The van der Waals surface area contributed by atoms with Crippen molar-refractivity contribution < 1.29 is 4.79 Å². The topological polar surface area (TPSA) is 77.0 Å². The number of nitrogens with zero attached hydrogens (tertiary/aromatic N) is 4. The smallest absolute Gasteiger partial charge is 0.325 e. The number of rotatable bonds is 5. The molecule has 2 heterocycles. The normalized spacial score (nSPS) is 11.4. The predicted molar refractivity (Wildman–Crippen MR) is 114 cm³/mol. The van der Waals surface area contributed by atoms with Gasteiger partial charge in [-0.15, -0.1) is 11.8 Å². The summed E-state index contributed by atoms with van der Waals surface area (Å²) < 4.78 is 1.71. The lowest BCUT2D eigenvalue weighted by Gasteiger charge is -2.23. The van der Waals surface area contributed by atoms with E-state index in [1.165, 1.54) is 4.90 Å². The summed E-state index contributed by atoms with van der Waals surface area (Å²) >= 11 is 1.68. The summed E-state index contributed by atoms with van der Waals surface area (Å²) in [7, 11) is 1.83. The molecule has 7 heteroatoms. The number of hydrogen-bond donors (Lipinski definition) is 1. The molecule has 0 aliphatic rings. The van der Waals surface area contributed by atoms with Crippen molar-refractivity contribution in [2.45, 2.75) is 36.8 Å². The molecule has 0 bridgehead atoms.